The van der Waals surface area contributed by atoms with Crippen molar-refractivity contribution in [3.8, 4) is 17.2 Å². The topological polar surface area (TPSA) is 138 Å². The summed E-state index contributed by atoms with van der Waals surface area (Å²) in [7, 11) is -1.06. The smallest absolute Gasteiger partial charge is 0.269 e. The quantitative estimate of drug-likeness (QED) is 0.114. The molecular weight excluding hydrogens is 889 g/mol. The van der Waals surface area contributed by atoms with Gasteiger partial charge < -0.3 is 33.9 Å². The van der Waals surface area contributed by atoms with Gasteiger partial charge in [0.25, 0.3) is 17.7 Å². The molecule has 14 heteroatoms. The number of amides is 4. The van der Waals surface area contributed by atoms with E-state index < -0.39 is 25.7 Å². The first kappa shape index (κ1) is 45.5. The van der Waals surface area contributed by atoms with Crippen molar-refractivity contribution < 1.29 is 43.2 Å². The predicted molar refractivity (Wildman–Crippen MR) is 265 cm³/mol. The van der Waals surface area contributed by atoms with E-state index >= 15 is 4.79 Å². The summed E-state index contributed by atoms with van der Waals surface area (Å²) in [6.45, 7) is 6.75. The first-order chi connectivity index (χ1) is 33.4. The number of rotatable bonds is 13. The highest BCUT2D eigenvalue weighted by Gasteiger charge is 2.66. The zero-order chi connectivity index (χ0) is 48.0. The van der Waals surface area contributed by atoms with Gasteiger partial charge in [-0.15, -0.1) is 0 Å². The number of fused-ring (bicyclic) bond motifs is 4. The van der Waals surface area contributed by atoms with E-state index in [4.69, 9.17) is 18.9 Å². The number of ether oxygens (including phenoxy) is 4. The van der Waals surface area contributed by atoms with Crippen molar-refractivity contribution in [1.82, 2.24) is 4.90 Å². The zero-order valence-corrected chi connectivity index (χ0v) is 40.0. The number of carbonyl (C=O) groups excluding carboxylic acids is 4. The molecule has 6 aromatic carbocycles. The summed E-state index contributed by atoms with van der Waals surface area (Å²) in [4.78, 5) is 64.4. The average molecular weight is 943 g/mol. The lowest BCUT2D eigenvalue weighted by Crippen LogP contribution is -2.52. The molecular formula is C55H54N4O9Si. The van der Waals surface area contributed by atoms with E-state index in [2.05, 4.69) is 32.2 Å². The van der Waals surface area contributed by atoms with E-state index in [1.807, 2.05) is 133 Å². The number of aliphatic hydroxyl groups is 1. The van der Waals surface area contributed by atoms with Crippen LogP contribution in [0.3, 0.4) is 0 Å². The van der Waals surface area contributed by atoms with Gasteiger partial charge >= 0.3 is 0 Å². The molecule has 0 bridgehead atoms. The van der Waals surface area contributed by atoms with Crippen LogP contribution in [0.25, 0.3) is 0 Å². The minimum absolute atomic E-state index is 0.0291. The van der Waals surface area contributed by atoms with Gasteiger partial charge in [0.15, 0.2) is 18.8 Å². The van der Waals surface area contributed by atoms with Crippen molar-refractivity contribution >= 4 is 65.3 Å². The predicted octanol–water partition coefficient (Wildman–Crippen LogP) is 7.98. The van der Waals surface area contributed by atoms with Crippen molar-refractivity contribution in [2.75, 3.05) is 48.2 Å². The average Bonchev–Trinajstić information content (AvgIpc) is 3.79. The SMILES string of the molecule is COc1ccc([Si](C)(C)[C@@H]2[C@@H](CC(=O)N(CCO)Cc3ccccc3)O[C@]3(C(=O)N(Cc4ccc(N5C(=O)COc6ccccc65)cc4)c4ccc(N5C(=O)COc6ccccc65)cc43)[C@H]2C)cc1. The monoisotopic (exact) mass is 942 g/mol. The van der Waals surface area contributed by atoms with Gasteiger partial charge in [-0.1, -0.05) is 104 Å². The van der Waals surface area contributed by atoms with Crippen molar-refractivity contribution in [2.24, 2.45) is 5.92 Å². The Hall–Kier alpha value is -7.26. The molecule has 6 aromatic rings. The number of hydrogen-bond donors (Lipinski definition) is 1. The Kier molecular flexibility index (Phi) is 12.1. The minimum atomic E-state index is -2.69. The second-order valence-corrected chi connectivity index (χ2v) is 23.3. The molecule has 4 atom stereocenters. The molecule has 1 spiro atoms. The molecule has 352 valence electrons. The minimum Gasteiger partial charge on any atom is -0.497 e. The lowest BCUT2D eigenvalue weighted by molar-refractivity contribution is -0.150. The van der Waals surface area contributed by atoms with E-state index in [1.54, 1.807) is 26.7 Å². The van der Waals surface area contributed by atoms with Crippen LogP contribution in [0.5, 0.6) is 17.2 Å². The molecule has 0 aliphatic carbocycles. The summed E-state index contributed by atoms with van der Waals surface area (Å²) in [5.74, 6) is 0.519. The highest BCUT2D eigenvalue weighted by Crippen LogP contribution is 2.61. The van der Waals surface area contributed by atoms with Crippen LogP contribution in [0.1, 0.15) is 30.0 Å². The molecule has 13 nitrogen and oxygen atoms in total. The van der Waals surface area contributed by atoms with E-state index in [9.17, 15) is 19.5 Å². The third-order valence-corrected chi connectivity index (χ3v) is 18.7. The standard InChI is InChI=1S/C55H54N4O9Si/c1-36-53(69(3,4)42-25-23-41(65-2)24-26-42)49(31-50(61)56(28-29-60)32-37-12-6-5-7-13-37)68-55(36)43-30-40(59-46-15-9-11-17-48(46)67-35-52(59)63)22-27-44(43)57(54(55)64)33-38-18-20-39(21-19-38)58-45-14-8-10-16-47(45)66-34-51(58)62/h5-27,30,36,49,53,60H,28-29,31-35H2,1-4H3/t36-,49+,53-,55+/m0/s1. The fourth-order valence-corrected chi connectivity index (χ4v) is 15.0. The maximum Gasteiger partial charge on any atom is 0.269 e. The Balaban J connectivity index is 1.07. The number of hydrogen-bond acceptors (Lipinski definition) is 9. The summed E-state index contributed by atoms with van der Waals surface area (Å²) in [6.07, 6.45) is -0.744. The molecule has 0 saturated carbocycles. The second-order valence-electron chi connectivity index (χ2n) is 18.6. The maximum atomic E-state index is 16.0. The van der Waals surface area contributed by atoms with Crippen molar-refractivity contribution in [3.63, 3.8) is 0 Å². The van der Waals surface area contributed by atoms with Crippen molar-refractivity contribution in [2.45, 2.75) is 56.8 Å². The third-order valence-electron chi connectivity index (χ3n) is 14.3. The van der Waals surface area contributed by atoms with Crippen molar-refractivity contribution in [3.05, 3.63) is 162 Å². The first-order valence-corrected chi connectivity index (χ1v) is 26.4. The molecule has 1 fully saturated rings. The Bertz CT molecular complexity index is 2930. The Morgan fingerprint density at radius 1 is 0.739 bits per heavy atom. The normalized spacial score (nSPS) is 20.6. The van der Waals surface area contributed by atoms with Crippen LogP contribution < -0.4 is 34.1 Å². The number of para-hydroxylation sites is 4. The fourth-order valence-electron chi connectivity index (χ4n) is 11.0. The van der Waals surface area contributed by atoms with E-state index in [-0.39, 0.29) is 68.5 Å². The van der Waals surface area contributed by atoms with Crippen LogP contribution in [0, 0.1) is 5.92 Å². The summed E-state index contributed by atoms with van der Waals surface area (Å²) in [5.41, 5.74) is 3.59. The molecule has 10 rings (SSSR count). The highest BCUT2D eigenvalue weighted by atomic mass is 28.3. The van der Waals surface area contributed by atoms with Crippen LogP contribution in [-0.4, -0.2) is 81.3 Å². The largest absolute Gasteiger partial charge is 0.497 e. The lowest BCUT2D eigenvalue weighted by atomic mass is 9.82. The molecule has 4 aliphatic rings. The van der Waals surface area contributed by atoms with Gasteiger partial charge in [0.1, 0.15) is 17.2 Å². The molecule has 1 N–H and O–H groups in total. The van der Waals surface area contributed by atoms with Gasteiger partial charge in [0, 0.05) is 35.9 Å². The number of anilines is 5. The van der Waals surface area contributed by atoms with Crippen LogP contribution in [0.15, 0.2) is 146 Å². The second kappa shape index (κ2) is 18.3. The third kappa shape index (κ3) is 8.01. The fraction of sp³-hybridized carbons (Fsp3) is 0.273. The summed E-state index contributed by atoms with van der Waals surface area (Å²) < 4.78 is 24.5. The summed E-state index contributed by atoms with van der Waals surface area (Å²) in [5, 5.41) is 11.3. The molecule has 4 amide bonds. The van der Waals surface area contributed by atoms with Gasteiger partial charge in [-0.3, -0.25) is 29.0 Å². The van der Waals surface area contributed by atoms with Gasteiger partial charge in [0.2, 0.25) is 5.91 Å². The zero-order valence-electron chi connectivity index (χ0n) is 39.0. The number of methoxy groups -OCH3 is 1. The van der Waals surface area contributed by atoms with E-state index in [0.29, 0.717) is 52.0 Å². The molecule has 69 heavy (non-hydrogen) atoms. The summed E-state index contributed by atoms with van der Waals surface area (Å²) in [6, 6.07) is 45.8. The summed E-state index contributed by atoms with van der Waals surface area (Å²) >= 11 is 0. The van der Waals surface area contributed by atoms with Gasteiger partial charge in [-0.2, -0.15) is 0 Å². The lowest BCUT2D eigenvalue weighted by Gasteiger charge is -2.37. The van der Waals surface area contributed by atoms with Gasteiger partial charge in [0.05, 0.1) is 57.9 Å². The Morgan fingerprint density at radius 3 is 1.96 bits per heavy atom. The highest BCUT2D eigenvalue weighted by molar-refractivity contribution is 6.91. The molecule has 4 aliphatic heterocycles. The molecule has 0 aromatic heterocycles. The van der Waals surface area contributed by atoms with Gasteiger partial charge in [-0.25, -0.2) is 0 Å². The number of benzene rings is 6. The van der Waals surface area contributed by atoms with E-state index in [0.717, 1.165) is 22.1 Å². The molecule has 0 radical (unpaired) electrons. The van der Waals surface area contributed by atoms with Crippen LogP contribution >= 0.6 is 0 Å². The number of nitrogens with zero attached hydrogens (tertiary/aromatic N) is 4. The Labute approximate surface area is 402 Å². The van der Waals surface area contributed by atoms with Crippen molar-refractivity contribution in [1.29, 1.82) is 0 Å². The van der Waals surface area contributed by atoms with Gasteiger partial charge in [-0.05, 0) is 83.4 Å². The van der Waals surface area contributed by atoms with Crippen LogP contribution in [0.4, 0.5) is 28.4 Å². The number of aliphatic hydroxyl groups excluding tert-OH is 1. The van der Waals surface area contributed by atoms with Crippen LogP contribution in [-0.2, 0) is 42.6 Å². The maximum absolute atomic E-state index is 16.0. The first-order valence-electron chi connectivity index (χ1n) is 23.3. The Morgan fingerprint density at radius 2 is 1.33 bits per heavy atom. The van der Waals surface area contributed by atoms with Crippen LogP contribution in [0.2, 0.25) is 18.6 Å². The van der Waals surface area contributed by atoms with E-state index in [1.165, 1.54) is 0 Å². The molecule has 1 saturated heterocycles. The number of carbonyl (C=O) groups is 4. The molecule has 0 unspecified atom stereocenters. The molecule has 4 heterocycles.